The lowest BCUT2D eigenvalue weighted by Gasteiger charge is -2.20. The summed E-state index contributed by atoms with van der Waals surface area (Å²) in [6.07, 6.45) is 0.367. The summed E-state index contributed by atoms with van der Waals surface area (Å²) in [5, 5.41) is 9.70. The molecule has 1 amide bonds. The fraction of sp³-hybridized carbons (Fsp3) is 0.318. The van der Waals surface area contributed by atoms with Gasteiger partial charge in [-0.05, 0) is 62.6 Å². The van der Waals surface area contributed by atoms with E-state index in [0.717, 1.165) is 11.1 Å². The Morgan fingerprint density at radius 2 is 1.68 bits per heavy atom. The molecular weight excluding hydrogens is 414 g/mol. The van der Waals surface area contributed by atoms with Crippen LogP contribution in [0.5, 0.6) is 0 Å². The van der Waals surface area contributed by atoms with E-state index in [1.807, 2.05) is 27.7 Å². The topological polar surface area (TPSA) is 117 Å². The highest BCUT2D eigenvalue weighted by Gasteiger charge is 2.26. The van der Waals surface area contributed by atoms with Gasteiger partial charge < -0.3 is 5.32 Å². The van der Waals surface area contributed by atoms with Gasteiger partial charge in [0.1, 0.15) is 11.9 Å². The highest BCUT2D eigenvalue weighted by Crippen LogP contribution is 2.19. The van der Waals surface area contributed by atoms with Crippen molar-refractivity contribution in [2.45, 2.75) is 45.1 Å². The van der Waals surface area contributed by atoms with E-state index in [2.05, 4.69) is 25.2 Å². The fourth-order valence-corrected chi connectivity index (χ4v) is 4.26. The Bertz CT molecular complexity index is 1140. The molecule has 0 aliphatic heterocycles. The van der Waals surface area contributed by atoms with E-state index < -0.39 is 22.0 Å². The first-order valence-electron chi connectivity index (χ1n) is 10.0. The van der Waals surface area contributed by atoms with Gasteiger partial charge in [0, 0.05) is 11.3 Å². The smallest absolute Gasteiger partial charge is 0.242 e. The van der Waals surface area contributed by atoms with E-state index in [0.29, 0.717) is 23.8 Å². The lowest BCUT2D eigenvalue weighted by molar-refractivity contribution is -0.118. The highest BCUT2D eigenvalue weighted by atomic mass is 32.2. The molecule has 0 saturated heterocycles. The number of nitrogens with zero attached hydrogens (tertiary/aromatic N) is 2. The lowest BCUT2D eigenvalue weighted by Crippen LogP contribution is -2.44. The molecular formula is C22H27N5O3S. The van der Waals surface area contributed by atoms with Crippen molar-refractivity contribution in [1.82, 2.24) is 19.9 Å². The molecule has 1 atom stereocenters. The van der Waals surface area contributed by atoms with Crippen molar-refractivity contribution < 1.29 is 13.2 Å². The minimum absolute atomic E-state index is 0.118. The van der Waals surface area contributed by atoms with Crippen LogP contribution in [-0.4, -0.2) is 35.5 Å². The van der Waals surface area contributed by atoms with Crippen molar-refractivity contribution in [2.75, 3.05) is 5.32 Å². The first kappa shape index (κ1) is 22.6. The number of aromatic nitrogens is 3. The van der Waals surface area contributed by atoms with Crippen molar-refractivity contribution in [2.24, 2.45) is 5.92 Å². The molecule has 3 N–H and O–H groups in total. The Morgan fingerprint density at radius 3 is 2.23 bits per heavy atom. The van der Waals surface area contributed by atoms with Crippen LogP contribution in [0.2, 0.25) is 0 Å². The number of hydrogen-bond donors (Lipinski definition) is 3. The standard InChI is InChI=1S/C22H27N5O3S/c1-14(2)13-20(27-31(29,30)19-11-5-15(3)6-12-19)22(28)24-18-9-7-17(8-10-18)21-23-16(4)25-26-21/h5-12,14,20,27H,13H2,1-4H3,(H,24,28)(H,23,25,26). The normalized spacial score (nSPS) is 12.7. The molecule has 3 aromatic rings. The maximum absolute atomic E-state index is 12.9. The molecule has 0 aliphatic rings. The summed E-state index contributed by atoms with van der Waals surface area (Å²) in [7, 11) is -3.83. The van der Waals surface area contributed by atoms with Crippen LogP contribution in [0, 0.1) is 19.8 Å². The Hall–Kier alpha value is -3.04. The summed E-state index contributed by atoms with van der Waals surface area (Å²) in [6.45, 7) is 7.58. The number of rotatable bonds is 8. The second-order valence-electron chi connectivity index (χ2n) is 7.93. The second kappa shape index (κ2) is 9.40. The monoisotopic (exact) mass is 441 g/mol. The quantitative estimate of drug-likeness (QED) is 0.495. The molecule has 0 fully saturated rings. The number of aromatic amines is 1. The molecule has 0 bridgehead atoms. The van der Waals surface area contributed by atoms with Gasteiger partial charge in [-0.15, -0.1) is 0 Å². The molecule has 0 saturated carbocycles. The molecule has 3 rings (SSSR count). The first-order valence-corrected chi connectivity index (χ1v) is 11.5. The number of benzene rings is 2. The Labute approximate surface area is 182 Å². The fourth-order valence-electron chi connectivity index (χ4n) is 3.06. The number of sulfonamides is 1. The van der Waals surface area contributed by atoms with E-state index in [1.54, 1.807) is 36.4 Å². The Balaban J connectivity index is 1.74. The maximum Gasteiger partial charge on any atom is 0.242 e. The highest BCUT2D eigenvalue weighted by molar-refractivity contribution is 7.89. The van der Waals surface area contributed by atoms with Gasteiger partial charge >= 0.3 is 0 Å². The zero-order valence-corrected chi connectivity index (χ0v) is 18.8. The molecule has 0 radical (unpaired) electrons. The number of nitrogens with one attached hydrogen (secondary N) is 3. The number of aryl methyl sites for hydroxylation is 2. The number of anilines is 1. The van der Waals surface area contributed by atoms with Crippen molar-refractivity contribution in [3.63, 3.8) is 0 Å². The van der Waals surface area contributed by atoms with Gasteiger partial charge in [0.05, 0.1) is 4.90 Å². The van der Waals surface area contributed by atoms with Gasteiger partial charge in [-0.2, -0.15) is 9.82 Å². The molecule has 164 valence electrons. The van der Waals surface area contributed by atoms with Crippen LogP contribution in [0.25, 0.3) is 11.4 Å². The Kier molecular flexibility index (Phi) is 6.87. The third-order valence-corrected chi connectivity index (χ3v) is 6.15. The van der Waals surface area contributed by atoms with E-state index in [1.165, 1.54) is 12.1 Å². The van der Waals surface area contributed by atoms with E-state index >= 15 is 0 Å². The van der Waals surface area contributed by atoms with Gasteiger partial charge in [-0.3, -0.25) is 9.89 Å². The van der Waals surface area contributed by atoms with E-state index in [-0.39, 0.29) is 10.8 Å². The number of carbonyl (C=O) groups excluding carboxylic acids is 1. The second-order valence-corrected chi connectivity index (χ2v) is 9.64. The van der Waals surface area contributed by atoms with Crippen LogP contribution in [0.3, 0.4) is 0 Å². The summed E-state index contributed by atoms with van der Waals surface area (Å²) in [6, 6.07) is 12.7. The molecule has 8 nitrogen and oxygen atoms in total. The largest absolute Gasteiger partial charge is 0.325 e. The lowest BCUT2D eigenvalue weighted by atomic mass is 10.0. The minimum atomic E-state index is -3.83. The van der Waals surface area contributed by atoms with E-state index in [9.17, 15) is 13.2 Å². The summed E-state index contributed by atoms with van der Waals surface area (Å²) in [5.41, 5.74) is 2.32. The van der Waals surface area contributed by atoms with Gasteiger partial charge in [-0.25, -0.2) is 13.4 Å². The maximum atomic E-state index is 12.9. The van der Waals surface area contributed by atoms with Crippen LogP contribution in [0.4, 0.5) is 5.69 Å². The van der Waals surface area contributed by atoms with Crippen molar-refractivity contribution in [3.05, 3.63) is 59.9 Å². The molecule has 1 aromatic heterocycles. The third kappa shape index (κ3) is 5.99. The van der Waals surface area contributed by atoms with Gasteiger partial charge in [0.2, 0.25) is 15.9 Å². The van der Waals surface area contributed by atoms with Gasteiger partial charge in [0.25, 0.3) is 0 Å². The Morgan fingerprint density at radius 1 is 1.03 bits per heavy atom. The molecule has 9 heteroatoms. The zero-order valence-electron chi connectivity index (χ0n) is 18.0. The molecule has 2 aromatic carbocycles. The van der Waals surface area contributed by atoms with Crippen molar-refractivity contribution in [3.8, 4) is 11.4 Å². The molecule has 0 aliphatic carbocycles. The number of amides is 1. The van der Waals surface area contributed by atoms with Crippen LogP contribution in [-0.2, 0) is 14.8 Å². The van der Waals surface area contributed by atoms with E-state index in [4.69, 9.17) is 0 Å². The predicted octanol–water partition coefficient (Wildman–Crippen LogP) is 3.42. The summed E-state index contributed by atoms with van der Waals surface area (Å²) >= 11 is 0. The number of carbonyl (C=O) groups is 1. The zero-order chi connectivity index (χ0) is 22.6. The van der Waals surface area contributed by atoms with Crippen molar-refractivity contribution in [1.29, 1.82) is 0 Å². The average Bonchev–Trinajstić information content (AvgIpc) is 3.14. The first-order chi connectivity index (χ1) is 14.6. The number of H-pyrrole nitrogens is 1. The average molecular weight is 442 g/mol. The van der Waals surface area contributed by atoms with Crippen LogP contribution in [0.15, 0.2) is 53.4 Å². The third-order valence-electron chi connectivity index (χ3n) is 4.66. The van der Waals surface area contributed by atoms with Gasteiger partial charge in [0.15, 0.2) is 5.82 Å². The predicted molar refractivity (Wildman–Crippen MR) is 120 cm³/mol. The summed E-state index contributed by atoms with van der Waals surface area (Å²) in [5.74, 6) is 0.988. The van der Waals surface area contributed by atoms with Crippen molar-refractivity contribution >= 4 is 21.6 Å². The molecule has 31 heavy (non-hydrogen) atoms. The molecule has 0 spiro atoms. The minimum Gasteiger partial charge on any atom is -0.325 e. The van der Waals surface area contributed by atoms with Crippen LogP contribution >= 0.6 is 0 Å². The van der Waals surface area contributed by atoms with Crippen LogP contribution in [0.1, 0.15) is 31.7 Å². The molecule has 1 heterocycles. The van der Waals surface area contributed by atoms with Crippen LogP contribution < -0.4 is 10.0 Å². The number of hydrogen-bond acceptors (Lipinski definition) is 5. The SMILES string of the molecule is Cc1ccc(S(=O)(=O)NC(CC(C)C)C(=O)Nc2ccc(-c3n[nH]c(C)n3)cc2)cc1. The summed E-state index contributed by atoms with van der Waals surface area (Å²) in [4.78, 5) is 17.3. The summed E-state index contributed by atoms with van der Waals surface area (Å²) < 4.78 is 28.1. The van der Waals surface area contributed by atoms with Gasteiger partial charge in [-0.1, -0.05) is 31.5 Å². The molecule has 1 unspecified atom stereocenters.